The van der Waals surface area contributed by atoms with Crippen molar-refractivity contribution >= 4 is 0 Å². The van der Waals surface area contributed by atoms with E-state index >= 15 is 0 Å². The number of benzene rings is 2. The highest BCUT2D eigenvalue weighted by molar-refractivity contribution is 5.71. The Labute approximate surface area is 136 Å². The smallest absolute Gasteiger partial charge is 0.0650 e. The Morgan fingerprint density at radius 1 is 1.00 bits per heavy atom. The van der Waals surface area contributed by atoms with E-state index in [1.807, 2.05) is 6.07 Å². The van der Waals surface area contributed by atoms with Gasteiger partial charge in [0.15, 0.2) is 0 Å². The van der Waals surface area contributed by atoms with Crippen LogP contribution in [-0.4, -0.2) is 30.5 Å². The summed E-state index contributed by atoms with van der Waals surface area (Å²) in [4.78, 5) is 0. The van der Waals surface area contributed by atoms with Crippen LogP contribution < -0.4 is 5.32 Å². The molecule has 0 aliphatic carbocycles. The summed E-state index contributed by atoms with van der Waals surface area (Å²) in [5, 5.41) is 10.4. The number of ether oxygens (including phenoxy) is 1. The molecule has 0 aliphatic rings. The van der Waals surface area contributed by atoms with Gasteiger partial charge in [-0.25, -0.2) is 0 Å². The molecule has 1 aromatic heterocycles. The van der Waals surface area contributed by atoms with Crippen molar-refractivity contribution in [1.29, 1.82) is 0 Å². The van der Waals surface area contributed by atoms with Crippen molar-refractivity contribution in [3.05, 3.63) is 66.4 Å². The second kappa shape index (κ2) is 7.72. The Bertz CT molecular complexity index is 721. The Morgan fingerprint density at radius 3 is 2.57 bits per heavy atom. The maximum absolute atomic E-state index is 5.03. The van der Waals surface area contributed by atoms with E-state index in [2.05, 4.69) is 64.0 Å². The second-order valence-corrected chi connectivity index (χ2v) is 5.42. The lowest BCUT2D eigenvalue weighted by Crippen LogP contribution is -2.18. The van der Waals surface area contributed by atoms with Crippen LogP contribution in [0.2, 0.25) is 0 Å². The third-order valence-corrected chi connectivity index (χ3v) is 3.77. The molecule has 2 aromatic carbocycles. The zero-order valence-electron chi connectivity index (χ0n) is 13.3. The van der Waals surface area contributed by atoms with E-state index in [9.17, 15) is 0 Å². The third kappa shape index (κ3) is 4.06. The van der Waals surface area contributed by atoms with E-state index in [1.165, 1.54) is 16.7 Å². The lowest BCUT2D eigenvalue weighted by atomic mass is 10.0. The van der Waals surface area contributed by atoms with Gasteiger partial charge in [-0.1, -0.05) is 42.5 Å². The molecular weight excluding hydrogens is 286 g/mol. The fourth-order valence-electron chi connectivity index (χ4n) is 2.50. The standard InChI is InChI=1S/C19H21N3O/c1-23-12-11-20-14-15-5-7-16(8-6-15)17-3-2-4-18(13-17)19-9-10-21-22-19/h2-10,13,20H,11-12,14H2,1H3,(H,21,22). The minimum Gasteiger partial charge on any atom is -0.383 e. The fraction of sp³-hybridized carbons (Fsp3) is 0.211. The van der Waals surface area contributed by atoms with Gasteiger partial charge in [0.1, 0.15) is 0 Å². The van der Waals surface area contributed by atoms with Gasteiger partial charge in [-0.15, -0.1) is 0 Å². The maximum atomic E-state index is 5.03. The van der Waals surface area contributed by atoms with Crippen LogP contribution in [0.15, 0.2) is 60.8 Å². The monoisotopic (exact) mass is 307 g/mol. The summed E-state index contributed by atoms with van der Waals surface area (Å²) in [6.45, 7) is 2.46. The number of hydrogen-bond donors (Lipinski definition) is 2. The molecular formula is C19H21N3O. The Kier molecular flexibility index (Phi) is 5.19. The van der Waals surface area contributed by atoms with Gasteiger partial charge in [-0.05, 0) is 28.8 Å². The number of hydrogen-bond acceptors (Lipinski definition) is 3. The molecule has 4 nitrogen and oxygen atoms in total. The van der Waals surface area contributed by atoms with Crippen LogP contribution >= 0.6 is 0 Å². The summed E-state index contributed by atoms with van der Waals surface area (Å²) in [6.07, 6.45) is 1.77. The first kappa shape index (κ1) is 15.5. The molecule has 0 saturated carbocycles. The summed E-state index contributed by atoms with van der Waals surface area (Å²) in [5.74, 6) is 0. The van der Waals surface area contributed by atoms with Crippen LogP contribution in [0.5, 0.6) is 0 Å². The third-order valence-electron chi connectivity index (χ3n) is 3.77. The van der Waals surface area contributed by atoms with Crippen molar-refractivity contribution in [2.24, 2.45) is 0 Å². The second-order valence-electron chi connectivity index (χ2n) is 5.42. The number of rotatable bonds is 7. The molecule has 23 heavy (non-hydrogen) atoms. The van der Waals surface area contributed by atoms with Crippen molar-refractivity contribution in [2.75, 3.05) is 20.3 Å². The van der Waals surface area contributed by atoms with Gasteiger partial charge in [-0.2, -0.15) is 5.10 Å². The first-order chi connectivity index (χ1) is 11.4. The molecule has 118 valence electrons. The van der Waals surface area contributed by atoms with Crippen molar-refractivity contribution in [3.8, 4) is 22.4 Å². The zero-order valence-corrected chi connectivity index (χ0v) is 13.3. The van der Waals surface area contributed by atoms with Gasteiger partial charge in [0.2, 0.25) is 0 Å². The topological polar surface area (TPSA) is 49.9 Å². The predicted octanol–water partition coefficient (Wildman–Crippen LogP) is 3.48. The van der Waals surface area contributed by atoms with Gasteiger partial charge >= 0.3 is 0 Å². The number of H-pyrrole nitrogens is 1. The van der Waals surface area contributed by atoms with Gasteiger partial charge < -0.3 is 10.1 Å². The SMILES string of the molecule is COCCNCc1ccc(-c2cccc(-c3ccn[nH]3)c2)cc1. The molecule has 3 aromatic rings. The first-order valence-electron chi connectivity index (χ1n) is 7.75. The quantitative estimate of drug-likeness (QED) is 0.657. The van der Waals surface area contributed by atoms with Crippen LogP contribution in [0, 0.1) is 0 Å². The van der Waals surface area contributed by atoms with Crippen LogP contribution in [0.4, 0.5) is 0 Å². The summed E-state index contributed by atoms with van der Waals surface area (Å²) in [7, 11) is 1.72. The van der Waals surface area contributed by atoms with E-state index < -0.39 is 0 Å². The van der Waals surface area contributed by atoms with Crippen molar-refractivity contribution in [3.63, 3.8) is 0 Å². The number of aromatic amines is 1. The van der Waals surface area contributed by atoms with Gasteiger partial charge in [0, 0.05) is 32.0 Å². The van der Waals surface area contributed by atoms with E-state index in [-0.39, 0.29) is 0 Å². The van der Waals surface area contributed by atoms with Gasteiger partial charge in [0.25, 0.3) is 0 Å². The van der Waals surface area contributed by atoms with Crippen LogP contribution in [0.1, 0.15) is 5.56 Å². The predicted molar refractivity (Wildman–Crippen MR) is 93.0 cm³/mol. The lowest BCUT2D eigenvalue weighted by molar-refractivity contribution is 0.199. The van der Waals surface area contributed by atoms with Crippen LogP contribution in [0.3, 0.4) is 0 Å². The fourth-order valence-corrected chi connectivity index (χ4v) is 2.50. The minimum atomic E-state index is 0.735. The molecule has 0 fully saturated rings. The van der Waals surface area contributed by atoms with E-state index in [4.69, 9.17) is 4.74 Å². The number of nitrogens with one attached hydrogen (secondary N) is 2. The first-order valence-corrected chi connectivity index (χ1v) is 7.75. The molecule has 1 heterocycles. The Hall–Kier alpha value is -2.43. The van der Waals surface area contributed by atoms with Crippen molar-refractivity contribution in [1.82, 2.24) is 15.5 Å². The van der Waals surface area contributed by atoms with Crippen molar-refractivity contribution in [2.45, 2.75) is 6.54 Å². The summed E-state index contributed by atoms with van der Waals surface area (Å²) in [5.41, 5.74) is 5.87. The summed E-state index contributed by atoms with van der Waals surface area (Å²) >= 11 is 0. The lowest BCUT2D eigenvalue weighted by Gasteiger charge is -2.07. The Morgan fingerprint density at radius 2 is 1.83 bits per heavy atom. The van der Waals surface area contributed by atoms with Crippen LogP contribution in [0.25, 0.3) is 22.4 Å². The molecule has 0 aliphatic heterocycles. The largest absolute Gasteiger partial charge is 0.383 e. The molecule has 0 saturated heterocycles. The maximum Gasteiger partial charge on any atom is 0.0650 e. The van der Waals surface area contributed by atoms with E-state index in [1.54, 1.807) is 13.3 Å². The van der Waals surface area contributed by atoms with Gasteiger partial charge in [0.05, 0.1) is 12.3 Å². The molecule has 0 bridgehead atoms. The average Bonchev–Trinajstić information content (AvgIpc) is 3.14. The molecule has 0 amide bonds. The van der Waals surface area contributed by atoms with Crippen molar-refractivity contribution < 1.29 is 4.74 Å². The number of nitrogens with zero attached hydrogens (tertiary/aromatic N) is 1. The molecule has 2 N–H and O–H groups in total. The Balaban J connectivity index is 1.71. The highest BCUT2D eigenvalue weighted by Gasteiger charge is 2.03. The molecule has 0 atom stereocenters. The molecule has 4 heteroatoms. The minimum absolute atomic E-state index is 0.735. The summed E-state index contributed by atoms with van der Waals surface area (Å²) in [6, 6.07) is 19.1. The normalized spacial score (nSPS) is 10.8. The summed E-state index contributed by atoms with van der Waals surface area (Å²) < 4.78 is 5.03. The molecule has 0 unspecified atom stereocenters. The number of aromatic nitrogens is 2. The average molecular weight is 307 g/mol. The molecule has 0 spiro atoms. The van der Waals surface area contributed by atoms with Crippen LogP contribution in [-0.2, 0) is 11.3 Å². The highest BCUT2D eigenvalue weighted by Crippen LogP contribution is 2.25. The number of methoxy groups -OCH3 is 1. The van der Waals surface area contributed by atoms with E-state index in [0.29, 0.717) is 0 Å². The van der Waals surface area contributed by atoms with Gasteiger partial charge in [-0.3, -0.25) is 5.10 Å². The van der Waals surface area contributed by atoms with E-state index in [0.717, 1.165) is 31.0 Å². The zero-order chi connectivity index (χ0) is 15.9. The molecule has 0 radical (unpaired) electrons. The molecule has 3 rings (SSSR count). The highest BCUT2D eigenvalue weighted by atomic mass is 16.5.